The van der Waals surface area contributed by atoms with Crippen LogP contribution in [0.25, 0.3) is 0 Å². The molecule has 10 heteroatoms. The Bertz CT molecular complexity index is 786. The van der Waals surface area contributed by atoms with Gasteiger partial charge in [0.2, 0.25) is 0 Å². The van der Waals surface area contributed by atoms with E-state index in [0.29, 0.717) is 18.1 Å². The van der Waals surface area contributed by atoms with Crippen molar-refractivity contribution in [1.29, 1.82) is 0 Å². The van der Waals surface area contributed by atoms with Gasteiger partial charge in [0.05, 0.1) is 12.2 Å². The summed E-state index contributed by atoms with van der Waals surface area (Å²) in [6.07, 6.45) is 13.7. The van der Waals surface area contributed by atoms with Gasteiger partial charge < -0.3 is 27.5 Å². The van der Waals surface area contributed by atoms with Crippen molar-refractivity contribution < 1.29 is 17.7 Å². The number of hydrogen-bond donors (Lipinski definition) is 0. The quantitative estimate of drug-likeness (QED) is 0.106. The summed E-state index contributed by atoms with van der Waals surface area (Å²) in [7, 11) is -2.27. The monoisotopic (exact) mass is 688 g/mol. The summed E-state index contributed by atoms with van der Waals surface area (Å²) < 4.78 is 25.4. The topological polar surface area (TPSA) is 43.4 Å². The Balaban J connectivity index is 1.78. The first-order valence-corrected chi connectivity index (χ1v) is 30.9. The molecule has 0 radical (unpaired) electrons. The minimum absolute atomic E-state index is 0.392. The van der Waals surface area contributed by atoms with E-state index in [1.54, 1.807) is 0 Å². The van der Waals surface area contributed by atoms with Crippen LogP contribution in [-0.4, -0.2) is 109 Å². The fraction of sp³-hybridized carbons (Fsp3) is 1.00. The fourth-order valence-corrected chi connectivity index (χ4v) is 14.0. The predicted molar refractivity (Wildman–Crippen MR) is 201 cm³/mol. The Labute approximate surface area is 279 Å². The Morgan fingerprint density at radius 3 is 1.75 bits per heavy atom. The van der Waals surface area contributed by atoms with Crippen LogP contribution >= 0.6 is 0 Å². The molecule has 3 unspecified atom stereocenters. The van der Waals surface area contributed by atoms with E-state index in [4.69, 9.17) is 17.7 Å². The van der Waals surface area contributed by atoms with Gasteiger partial charge >= 0.3 is 0 Å². The van der Waals surface area contributed by atoms with Gasteiger partial charge in [-0.25, -0.2) is 0 Å². The van der Waals surface area contributed by atoms with Gasteiger partial charge in [0.15, 0.2) is 33.3 Å². The van der Waals surface area contributed by atoms with Crippen LogP contribution in [0, 0.1) is 5.92 Å². The average Bonchev–Trinajstić information content (AvgIpc) is 2.91. The van der Waals surface area contributed by atoms with Crippen molar-refractivity contribution >= 4 is 33.3 Å². The maximum absolute atomic E-state index is 6.96. The van der Waals surface area contributed by atoms with Crippen LogP contribution in [0.4, 0.5) is 0 Å². The molecule has 0 bridgehead atoms. The lowest BCUT2D eigenvalue weighted by atomic mass is 9.96. The standard InChI is InChI=1S/C34H76N2O4Si4/c1-32(34-31-36(24-17-27-42(6,7)38-3)25-19-29-44(10,11)40-34)20-14-12-13-15-21-33-30-35(22-16-26-41(4,5)37-2)23-18-28-43(8,9)39-33/h32-34H,12-31H2,1-11H3. The Hall–Kier alpha value is 0.628. The highest BCUT2D eigenvalue weighted by atomic mass is 28.4. The molecule has 2 aliphatic rings. The first kappa shape index (κ1) is 40.8. The molecule has 0 aliphatic carbocycles. The van der Waals surface area contributed by atoms with Gasteiger partial charge in [-0.05, 0) is 147 Å². The van der Waals surface area contributed by atoms with Crippen LogP contribution in [0.3, 0.4) is 0 Å². The second-order valence-corrected chi connectivity index (χ2v) is 34.2. The first-order valence-electron chi connectivity index (χ1n) is 18.5. The highest BCUT2D eigenvalue weighted by Crippen LogP contribution is 2.28. The van der Waals surface area contributed by atoms with Crippen molar-refractivity contribution in [2.24, 2.45) is 5.92 Å². The third kappa shape index (κ3) is 17.2. The van der Waals surface area contributed by atoms with E-state index in [0.717, 1.165) is 13.1 Å². The molecular weight excluding hydrogens is 613 g/mol. The second-order valence-electron chi connectivity index (χ2n) is 16.8. The molecule has 3 atom stereocenters. The number of nitrogens with zero attached hydrogens (tertiary/aromatic N) is 2. The van der Waals surface area contributed by atoms with Crippen LogP contribution in [0.5, 0.6) is 0 Å². The lowest BCUT2D eigenvalue weighted by Crippen LogP contribution is -2.48. The molecule has 0 aromatic heterocycles. The van der Waals surface area contributed by atoms with Gasteiger partial charge in [0, 0.05) is 27.3 Å². The molecule has 0 spiro atoms. The van der Waals surface area contributed by atoms with E-state index in [9.17, 15) is 0 Å². The molecule has 0 N–H and O–H groups in total. The lowest BCUT2D eigenvalue weighted by molar-refractivity contribution is 0.0702. The maximum Gasteiger partial charge on any atom is 0.187 e. The minimum atomic E-state index is -1.58. The molecule has 0 aromatic rings. The van der Waals surface area contributed by atoms with Crippen molar-refractivity contribution in [2.45, 2.75) is 160 Å². The zero-order chi connectivity index (χ0) is 32.9. The number of hydrogen-bond acceptors (Lipinski definition) is 6. The molecule has 0 saturated carbocycles. The molecule has 2 fully saturated rings. The van der Waals surface area contributed by atoms with E-state index in [1.165, 1.54) is 115 Å². The van der Waals surface area contributed by atoms with E-state index in [-0.39, 0.29) is 0 Å². The third-order valence-corrected chi connectivity index (χ3v) is 20.9. The minimum Gasteiger partial charge on any atom is -0.420 e. The molecule has 0 aromatic carbocycles. The fourth-order valence-electron chi connectivity index (χ4n) is 7.13. The summed E-state index contributed by atoms with van der Waals surface area (Å²) in [5.41, 5.74) is 0. The Kier molecular flexibility index (Phi) is 18.2. The van der Waals surface area contributed by atoms with Crippen LogP contribution in [-0.2, 0) is 17.7 Å². The molecular formula is C34H76N2O4Si4. The molecule has 6 nitrogen and oxygen atoms in total. The highest BCUT2D eigenvalue weighted by molar-refractivity contribution is 6.72. The first-order chi connectivity index (χ1) is 20.6. The Morgan fingerprint density at radius 2 is 1.20 bits per heavy atom. The van der Waals surface area contributed by atoms with Gasteiger partial charge in [-0.2, -0.15) is 0 Å². The molecule has 2 aliphatic heterocycles. The number of rotatable bonds is 18. The SMILES string of the molecule is CO[Si](C)(C)CCCN1CCC[Si](C)(C)OC(CCCCCCC(C)C2CN(CCC[Si](C)(C)OC)CCC[Si](C)(C)O2)C1. The second kappa shape index (κ2) is 19.6. The zero-order valence-corrected chi connectivity index (χ0v) is 35.4. The normalized spacial score (nSPS) is 25.2. The van der Waals surface area contributed by atoms with Gasteiger partial charge in [0.25, 0.3) is 0 Å². The van der Waals surface area contributed by atoms with E-state index >= 15 is 0 Å². The third-order valence-electron chi connectivity index (χ3n) is 10.5. The van der Waals surface area contributed by atoms with Gasteiger partial charge in [-0.1, -0.05) is 32.6 Å². The van der Waals surface area contributed by atoms with Crippen LogP contribution in [0.15, 0.2) is 0 Å². The molecule has 44 heavy (non-hydrogen) atoms. The van der Waals surface area contributed by atoms with Crippen LogP contribution < -0.4 is 0 Å². The molecule has 2 saturated heterocycles. The molecule has 2 heterocycles. The van der Waals surface area contributed by atoms with Crippen LogP contribution in [0.1, 0.15) is 71.1 Å². The maximum atomic E-state index is 6.96. The summed E-state index contributed by atoms with van der Waals surface area (Å²) in [6.45, 7) is 28.7. The molecule has 0 amide bonds. The summed E-state index contributed by atoms with van der Waals surface area (Å²) in [5, 5.41) is 0. The molecule has 262 valence electrons. The average molecular weight is 689 g/mol. The smallest absolute Gasteiger partial charge is 0.187 e. The van der Waals surface area contributed by atoms with Crippen molar-refractivity contribution in [1.82, 2.24) is 9.80 Å². The lowest BCUT2D eigenvalue weighted by Gasteiger charge is -2.39. The van der Waals surface area contributed by atoms with Crippen molar-refractivity contribution in [3.05, 3.63) is 0 Å². The summed E-state index contributed by atoms with van der Waals surface area (Å²) in [5.74, 6) is 0.632. The van der Waals surface area contributed by atoms with Gasteiger partial charge in [0.1, 0.15) is 0 Å². The predicted octanol–water partition coefficient (Wildman–Crippen LogP) is 9.04. The van der Waals surface area contributed by atoms with E-state index in [1.807, 2.05) is 14.2 Å². The summed E-state index contributed by atoms with van der Waals surface area (Å²) in [4.78, 5) is 5.42. The molecule has 2 rings (SSSR count). The summed E-state index contributed by atoms with van der Waals surface area (Å²) in [6, 6.07) is 5.09. The van der Waals surface area contributed by atoms with Crippen molar-refractivity contribution in [2.75, 3.05) is 53.5 Å². The van der Waals surface area contributed by atoms with Gasteiger partial charge in [-0.15, -0.1) is 0 Å². The number of unbranched alkanes of at least 4 members (excludes halogenated alkanes) is 3. The highest BCUT2D eigenvalue weighted by Gasteiger charge is 2.33. The zero-order valence-electron chi connectivity index (χ0n) is 31.4. The van der Waals surface area contributed by atoms with Crippen LogP contribution in [0.2, 0.25) is 76.6 Å². The van der Waals surface area contributed by atoms with Crippen molar-refractivity contribution in [3.63, 3.8) is 0 Å². The van der Waals surface area contributed by atoms with E-state index in [2.05, 4.69) is 69.1 Å². The van der Waals surface area contributed by atoms with Gasteiger partial charge in [-0.3, -0.25) is 0 Å². The Morgan fingerprint density at radius 1 is 0.705 bits per heavy atom. The van der Waals surface area contributed by atoms with E-state index < -0.39 is 33.3 Å². The largest absolute Gasteiger partial charge is 0.420 e. The summed E-state index contributed by atoms with van der Waals surface area (Å²) >= 11 is 0. The van der Waals surface area contributed by atoms with Crippen molar-refractivity contribution in [3.8, 4) is 0 Å².